The number of carbonyl (C=O) groups excluding carboxylic acids is 1. The van der Waals surface area contributed by atoms with E-state index >= 15 is 0 Å². The van der Waals surface area contributed by atoms with Crippen molar-refractivity contribution in [2.24, 2.45) is 0 Å². The average Bonchev–Trinajstić information content (AvgIpc) is 3.18. The summed E-state index contributed by atoms with van der Waals surface area (Å²) in [6.07, 6.45) is 11.7. The van der Waals surface area contributed by atoms with Gasteiger partial charge in [0, 0.05) is 36.8 Å². The molecule has 28 heavy (non-hydrogen) atoms. The smallest absolute Gasteiger partial charge is 0.227 e. The summed E-state index contributed by atoms with van der Waals surface area (Å²) < 4.78 is 0. The SMILES string of the molecule is CCCCC(=O)N(c1ccc([C@@H]2CC[C@@H]3CCCCN32)cc1)C1CCCNC1. The maximum absolute atomic E-state index is 13.0. The zero-order valence-corrected chi connectivity index (χ0v) is 17.5. The van der Waals surface area contributed by atoms with Gasteiger partial charge in [0.25, 0.3) is 0 Å². The molecular formula is C24H37N3O. The topological polar surface area (TPSA) is 35.6 Å². The third kappa shape index (κ3) is 4.28. The number of nitrogens with one attached hydrogen (secondary N) is 1. The van der Waals surface area contributed by atoms with Crippen molar-refractivity contribution in [3.05, 3.63) is 29.8 Å². The highest BCUT2D eigenvalue weighted by Crippen LogP contribution is 2.40. The van der Waals surface area contributed by atoms with Crippen molar-refractivity contribution in [1.82, 2.24) is 10.2 Å². The summed E-state index contributed by atoms with van der Waals surface area (Å²) in [5, 5.41) is 3.48. The fourth-order valence-corrected chi connectivity index (χ4v) is 5.54. The van der Waals surface area contributed by atoms with E-state index in [0.717, 1.165) is 50.5 Å². The van der Waals surface area contributed by atoms with Crippen LogP contribution >= 0.6 is 0 Å². The number of piperidine rings is 2. The van der Waals surface area contributed by atoms with Crippen LogP contribution in [0.15, 0.2) is 24.3 Å². The summed E-state index contributed by atoms with van der Waals surface area (Å²) >= 11 is 0. The summed E-state index contributed by atoms with van der Waals surface area (Å²) in [5.41, 5.74) is 2.53. The number of unbranched alkanes of at least 4 members (excludes halogenated alkanes) is 1. The van der Waals surface area contributed by atoms with Gasteiger partial charge < -0.3 is 10.2 Å². The molecule has 0 aromatic heterocycles. The zero-order chi connectivity index (χ0) is 19.3. The number of nitrogens with zero attached hydrogens (tertiary/aromatic N) is 2. The quantitative estimate of drug-likeness (QED) is 0.776. The molecule has 3 saturated heterocycles. The fraction of sp³-hybridized carbons (Fsp3) is 0.708. The van der Waals surface area contributed by atoms with Gasteiger partial charge in [0.1, 0.15) is 0 Å². The van der Waals surface area contributed by atoms with Gasteiger partial charge in [0.05, 0.1) is 0 Å². The highest BCUT2D eigenvalue weighted by Gasteiger charge is 2.35. The number of anilines is 1. The average molecular weight is 384 g/mol. The van der Waals surface area contributed by atoms with E-state index in [2.05, 4.69) is 46.3 Å². The van der Waals surface area contributed by atoms with E-state index < -0.39 is 0 Å². The molecule has 3 atom stereocenters. The Kier molecular flexibility index (Phi) is 6.69. The molecule has 4 heteroatoms. The van der Waals surface area contributed by atoms with E-state index in [0.29, 0.717) is 24.4 Å². The molecule has 1 aromatic rings. The minimum Gasteiger partial charge on any atom is -0.315 e. The lowest BCUT2D eigenvalue weighted by atomic mass is 10.0. The van der Waals surface area contributed by atoms with E-state index in [9.17, 15) is 4.79 Å². The second-order valence-electron chi connectivity index (χ2n) is 8.94. The van der Waals surface area contributed by atoms with Gasteiger partial charge in [0.2, 0.25) is 5.91 Å². The van der Waals surface area contributed by atoms with Gasteiger partial charge >= 0.3 is 0 Å². The standard InChI is InChI=1S/C24H37N3O/c1-2-3-9-24(28)27(22-8-6-16-25-18-22)21-12-10-19(11-13-21)23-15-14-20-7-4-5-17-26(20)23/h10-13,20,22-23,25H,2-9,14-18H2,1H3/t20-,22?,23-/m0/s1. The van der Waals surface area contributed by atoms with Gasteiger partial charge in [-0.05, 0) is 75.7 Å². The molecule has 4 nitrogen and oxygen atoms in total. The van der Waals surface area contributed by atoms with Crippen LogP contribution in [-0.2, 0) is 4.79 Å². The maximum atomic E-state index is 13.0. The van der Waals surface area contributed by atoms with Crippen LogP contribution in [0.2, 0.25) is 0 Å². The van der Waals surface area contributed by atoms with Crippen molar-refractivity contribution in [2.45, 2.75) is 89.3 Å². The number of rotatable bonds is 6. The second-order valence-corrected chi connectivity index (χ2v) is 8.94. The Bertz CT molecular complexity index is 638. The predicted molar refractivity (Wildman–Crippen MR) is 116 cm³/mol. The van der Waals surface area contributed by atoms with Gasteiger partial charge in [0.15, 0.2) is 0 Å². The highest BCUT2D eigenvalue weighted by atomic mass is 16.2. The summed E-state index contributed by atoms with van der Waals surface area (Å²) in [6.45, 7) is 5.40. The van der Waals surface area contributed by atoms with Gasteiger partial charge in [-0.3, -0.25) is 9.69 Å². The van der Waals surface area contributed by atoms with Crippen LogP contribution in [0.5, 0.6) is 0 Å². The van der Waals surface area contributed by atoms with Gasteiger partial charge in [-0.1, -0.05) is 31.9 Å². The van der Waals surface area contributed by atoms with Crippen LogP contribution in [0.1, 0.15) is 82.7 Å². The van der Waals surface area contributed by atoms with Crippen LogP contribution in [-0.4, -0.2) is 42.5 Å². The van der Waals surface area contributed by atoms with E-state index in [-0.39, 0.29) is 0 Å². The Labute approximate surface area is 170 Å². The first-order valence-electron chi connectivity index (χ1n) is 11.7. The number of amides is 1. The maximum Gasteiger partial charge on any atom is 0.227 e. The number of hydrogen-bond donors (Lipinski definition) is 1. The summed E-state index contributed by atoms with van der Waals surface area (Å²) in [4.78, 5) is 17.9. The minimum atomic E-state index is 0.292. The van der Waals surface area contributed by atoms with Crippen LogP contribution in [0.3, 0.4) is 0 Å². The molecule has 1 amide bonds. The van der Waals surface area contributed by atoms with Crippen LogP contribution in [0.4, 0.5) is 5.69 Å². The molecule has 0 spiro atoms. The Morgan fingerprint density at radius 3 is 2.71 bits per heavy atom. The summed E-state index contributed by atoms with van der Waals surface area (Å²) in [6, 6.07) is 10.7. The zero-order valence-electron chi connectivity index (χ0n) is 17.5. The Morgan fingerprint density at radius 2 is 1.96 bits per heavy atom. The van der Waals surface area contributed by atoms with Crippen LogP contribution < -0.4 is 10.2 Å². The first kappa shape index (κ1) is 19.9. The van der Waals surface area contributed by atoms with Gasteiger partial charge in [-0.15, -0.1) is 0 Å². The molecule has 0 saturated carbocycles. The van der Waals surface area contributed by atoms with Crippen molar-refractivity contribution in [3.8, 4) is 0 Å². The lowest BCUT2D eigenvalue weighted by Crippen LogP contribution is -2.49. The van der Waals surface area contributed by atoms with E-state index in [1.807, 2.05) is 0 Å². The van der Waals surface area contributed by atoms with Crippen molar-refractivity contribution in [1.29, 1.82) is 0 Å². The first-order valence-corrected chi connectivity index (χ1v) is 11.7. The predicted octanol–water partition coefficient (Wildman–Crippen LogP) is 4.65. The Hall–Kier alpha value is -1.39. The van der Waals surface area contributed by atoms with Gasteiger partial charge in [-0.25, -0.2) is 0 Å². The molecule has 3 aliphatic rings. The fourth-order valence-electron chi connectivity index (χ4n) is 5.54. The highest BCUT2D eigenvalue weighted by molar-refractivity contribution is 5.94. The molecule has 3 heterocycles. The molecule has 1 N–H and O–H groups in total. The van der Waals surface area contributed by atoms with Crippen molar-refractivity contribution >= 4 is 11.6 Å². The van der Waals surface area contributed by atoms with E-state index in [1.54, 1.807) is 0 Å². The molecule has 1 unspecified atom stereocenters. The number of benzene rings is 1. The van der Waals surface area contributed by atoms with Crippen molar-refractivity contribution < 1.29 is 4.79 Å². The van der Waals surface area contributed by atoms with Crippen molar-refractivity contribution in [3.63, 3.8) is 0 Å². The van der Waals surface area contributed by atoms with Crippen molar-refractivity contribution in [2.75, 3.05) is 24.5 Å². The van der Waals surface area contributed by atoms with Gasteiger partial charge in [-0.2, -0.15) is 0 Å². The number of carbonyl (C=O) groups is 1. The third-order valence-corrected chi connectivity index (χ3v) is 7.05. The molecule has 3 aliphatic heterocycles. The molecule has 4 rings (SSSR count). The number of fused-ring (bicyclic) bond motifs is 1. The molecule has 0 aliphatic carbocycles. The molecule has 154 valence electrons. The normalized spacial score (nSPS) is 28.1. The second kappa shape index (κ2) is 9.41. The van der Waals surface area contributed by atoms with E-state index in [4.69, 9.17) is 0 Å². The summed E-state index contributed by atoms with van der Waals surface area (Å²) in [5.74, 6) is 0.292. The number of hydrogen-bond acceptors (Lipinski definition) is 3. The van der Waals surface area contributed by atoms with Crippen LogP contribution in [0.25, 0.3) is 0 Å². The third-order valence-electron chi connectivity index (χ3n) is 7.05. The molecule has 3 fully saturated rings. The molecular weight excluding hydrogens is 346 g/mol. The molecule has 1 aromatic carbocycles. The molecule has 0 radical (unpaired) electrons. The Balaban J connectivity index is 1.51. The van der Waals surface area contributed by atoms with Crippen LogP contribution in [0, 0.1) is 0 Å². The first-order chi connectivity index (χ1) is 13.8. The Morgan fingerprint density at radius 1 is 1.11 bits per heavy atom. The van der Waals surface area contributed by atoms with E-state index in [1.165, 1.54) is 44.2 Å². The lowest BCUT2D eigenvalue weighted by Gasteiger charge is -2.36. The lowest BCUT2D eigenvalue weighted by molar-refractivity contribution is -0.119. The molecule has 0 bridgehead atoms. The largest absolute Gasteiger partial charge is 0.315 e. The minimum absolute atomic E-state index is 0.292. The monoisotopic (exact) mass is 383 g/mol. The summed E-state index contributed by atoms with van der Waals surface area (Å²) in [7, 11) is 0.